The van der Waals surface area contributed by atoms with Crippen LogP contribution in [-0.4, -0.2) is 28.6 Å². The second kappa shape index (κ2) is 9.39. The SMILES string of the molecule is CCN1C(=O)C2(c3ccccc31)c1c(oc3cc(C)c(C)cc3c1=O)C(=O)N2c1nnc(SCc2ccccc2)s1. The lowest BCUT2D eigenvalue weighted by molar-refractivity contribution is -0.121. The molecule has 0 aliphatic carbocycles. The highest BCUT2D eigenvalue weighted by Crippen LogP contribution is 2.54. The van der Waals surface area contributed by atoms with E-state index in [0.29, 0.717) is 38.9 Å². The molecule has 2 aliphatic rings. The van der Waals surface area contributed by atoms with Gasteiger partial charge in [0.2, 0.25) is 10.9 Å². The van der Waals surface area contributed by atoms with E-state index in [1.165, 1.54) is 28.0 Å². The fourth-order valence-electron chi connectivity index (χ4n) is 5.80. The minimum Gasteiger partial charge on any atom is -0.450 e. The summed E-state index contributed by atoms with van der Waals surface area (Å²) in [5.41, 5.74) is 2.35. The molecule has 0 saturated carbocycles. The fraction of sp³-hybridized carbons (Fsp3) is 0.194. The van der Waals surface area contributed by atoms with Crippen molar-refractivity contribution < 1.29 is 14.0 Å². The number of benzene rings is 3. The van der Waals surface area contributed by atoms with Crippen LogP contribution in [0.5, 0.6) is 0 Å². The molecule has 1 spiro atoms. The summed E-state index contributed by atoms with van der Waals surface area (Å²) in [5, 5.41) is 9.30. The van der Waals surface area contributed by atoms with E-state index in [2.05, 4.69) is 10.2 Å². The molecule has 3 aromatic carbocycles. The van der Waals surface area contributed by atoms with Crippen LogP contribution < -0.4 is 15.2 Å². The lowest BCUT2D eigenvalue weighted by Crippen LogP contribution is -2.53. The van der Waals surface area contributed by atoms with Crippen molar-refractivity contribution in [2.75, 3.05) is 16.3 Å². The van der Waals surface area contributed by atoms with Gasteiger partial charge in [-0.25, -0.2) is 0 Å². The van der Waals surface area contributed by atoms with Crippen LogP contribution in [0.1, 0.15) is 45.3 Å². The number of aryl methyl sites for hydroxylation is 2. The third-order valence-corrected chi connectivity index (χ3v) is 9.96. The van der Waals surface area contributed by atoms with Gasteiger partial charge in [0.25, 0.3) is 11.8 Å². The number of fused-ring (bicyclic) bond motifs is 5. The van der Waals surface area contributed by atoms with Gasteiger partial charge >= 0.3 is 0 Å². The Bertz CT molecular complexity index is 1950. The molecule has 1 atom stereocenters. The van der Waals surface area contributed by atoms with Gasteiger partial charge in [0.1, 0.15) is 5.58 Å². The molecule has 10 heteroatoms. The molecule has 0 N–H and O–H groups in total. The van der Waals surface area contributed by atoms with Crippen molar-refractivity contribution in [3.8, 4) is 0 Å². The van der Waals surface area contributed by atoms with Gasteiger partial charge in [-0.3, -0.25) is 19.3 Å². The average molecular weight is 581 g/mol. The van der Waals surface area contributed by atoms with Crippen LogP contribution in [-0.2, 0) is 16.1 Å². The number of likely N-dealkylation sites (N-methyl/N-ethyl adjacent to an activating group) is 1. The molecule has 0 saturated heterocycles. The van der Waals surface area contributed by atoms with Gasteiger partial charge < -0.3 is 9.32 Å². The Hall–Kier alpha value is -4.28. The van der Waals surface area contributed by atoms with Crippen molar-refractivity contribution in [1.82, 2.24) is 10.2 Å². The first-order chi connectivity index (χ1) is 19.9. The van der Waals surface area contributed by atoms with Crippen LogP contribution in [0.4, 0.5) is 10.8 Å². The van der Waals surface area contributed by atoms with E-state index in [9.17, 15) is 14.4 Å². The Balaban J connectivity index is 1.46. The number of carbonyl (C=O) groups excluding carboxylic acids is 2. The van der Waals surface area contributed by atoms with Crippen molar-refractivity contribution in [3.63, 3.8) is 0 Å². The van der Waals surface area contributed by atoms with Crippen molar-refractivity contribution in [2.45, 2.75) is 36.4 Å². The minimum absolute atomic E-state index is 0.0281. The van der Waals surface area contributed by atoms with E-state index in [-0.39, 0.29) is 16.5 Å². The maximum Gasteiger partial charge on any atom is 0.297 e. The third kappa shape index (κ3) is 3.57. The number of nitrogens with zero attached hydrogens (tertiary/aromatic N) is 4. The van der Waals surface area contributed by atoms with Gasteiger partial charge in [-0.15, -0.1) is 10.2 Å². The van der Waals surface area contributed by atoms with Crippen LogP contribution in [0.3, 0.4) is 0 Å². The molecule has 8 nitrogen and oxygen atoms in total. The molecular formula is C31H24N4O4S2. The number of hydrogen-bond acceptors (Lipinski definition) is 8. The van der Waals surface area contributed by atoms with Crippen molar-refractivity contribution in [1.29, 1.82) is 0 Å². The zero-order chi connectivity index (χ0) is 28.5. The quantitative estimate of drug-likeness (QED) is 0.191. The highest BCUT2D eigenvalue weighted by molar-refractivity contribution is 8.00. The van der Waals surface area contributed by atoms with Crippen LogP contribution in [0, 0.1) is 13.8 Å². The summed E-state index contributed by atoms with van der Waals surface area (Å²) < 4.78 is 6.85. The highest BCUT2D eigenvalue weighted by atomic mass is 32.2. The largest absolute Gasteiger partial charge is 0.450 e. The molecule has 7 rings (SSSR count). The Morgan fingerprint density at radius 3 is 2.46 bits per heavy atom. The summed E-state index contributed by atoms with van der Waals surface area (Å²) in [6.07, 6.45) is 0. The molecule has 5 aromatic rings. The van der Waals surface area contributed by atoms with E-state index in [1.54, 1.807) is 23.1 Å². The third-order valence-electron chi connectivity index (χ3n) is 7.85. The Morgan fingerprint density at radius 2 is 1.68 bits per heavy atom. The van der Waals surface area contributed by atoms with Crippen LogP contribution in [0.25, 0.3) is 11.0 Å². The molecule has 2 aliphatic heterocycles. The predicted octanol–water partition coefficient (Wildman–Crippen LogP) is 5.82. The number of rotatable bonds is 5. The number of thioether (sulfide) groups is 1. The van der Waals surface area contributed by atoms with Gasteiger partial charge in [-0.1, -0.05) is 71.6 Å². The van der Waals surface area contributed by atoms with E-state index in [0.717, 1.165) is 16.7 Å². The molecular weight excluding hydrogens is 556 g/mol. The van der Waals surface area contributed by atoms with Gasteiger partial charge in [-0.2, -0.15) is 0 Å². The Kier molecular flexibility index (Phi) is 5.88. The number of amides is 2. The van der Waals surface area contributed by atoms with Crippen LogP contribution in [0.2, 0.25) is 0 Å². The Labute approximate surface area is 243 Å². The summed E-state index contributed by atoms with van der Waals surface area (Å²) in [5.74, 6) is -0.447. The maximum atomic E-state index is 14.5. The number of hydrogen-bond donors (Lipinski definition) is 0. The molecule has 2 amide bonds. The zero-order valence-electron chi connectivity index (χ0n) is 22.5. The standard InChI is InChI=1S/C31H24N4O4S2/c1-4-34-22-13-9-8-12-21(22)31(28(34)38)24-25(36)20-14-17(2)18(3)15-23(20)39-26(24)27(37)35(31)29-32-33-30(41-29)40-16-19-10-6-5-7-11-19/h5-15H,4,16H2,1-3H3. The summed E-state index contributed by atoms with van der Waals surface area (Å²) in [6.45, 7) is 6.07. The number of carbonyl (C=O) groups is 2. The summed E-state index contributed by atoms with van der Waals surface area (Å²) in [7, 11) is 0. The van der Waals surface area contributed by atoms with Gasteiger partial charge in [0, 0.05) is 17.9 Å². The van der Waals surface area contributed by atoms with Crippen LogP contribution in [0.15, 0.2) is 80.3 Å². The smallest absolute Gasteiger partial charge is 0.297 e. The van der Waals surface area contributed by atoms with Crippen LogP contribution >= 0.6 is 23.1 Å². The molecule has 4 heterocycles. The molecule has 1 unspecified atom stereocenters. The zero-order valence-corrected chi connectivity index (χ0v) is 24.1. The molecule has 0 radical (unpaired) electrons. The number of para-hydroxylation sites is 1. The molecule has 2 aromatic heterocycles. The van der Waals surface area contributed by atoms with Crippen molar-refractivity contribution >= 4 is 56.7 Å². The lowest BCUT2D eigenvalue weighted by Gasteiger charge is -2.31. The minimum atomic E-state index is -1.76. The van der Waals surface area contributed by atoms with Crippen molar-refractivity contribution in [2.24, 2.45) is 0 Å². The first kappa shape index (κ1) is 25.7. The second-order valence-corrected chi connectivity index (χ2v) is 12.3. The fourth-order valence-corrected chi connectivity index (χ4v) is 7.65. The Morgan fingerprint density at radius 1 is 0.951 bits per heavy atom. The predicted molar refractivity (Wildman–Crippen MR) is 160 cm³/mol. The van der Waals surface area contributed by atoms with E-state index in [1.807, 2.05) is 69.3 Å². The first-order valence-corrected chi connectivity index (χ1v) is 15.0. The van der Waals surface area contributed by atoms with E-state index >= 15 is 0 Å². The topological polar surface area (TPSA) is 96.6 Å². The molecule has 41 heavy (non-hydrogen) atoms. The maximum absolute atomic E-state index is 14.5. The molecule has 0 fully saturated rings. The summed E-state index contributed by atoms with van der Waals surface area (Å²) in [4.78, 5) is 46.1. The van der Waals surface area contributed by atoms with Gasteiger partial charge in [0.15, 0.2) is 15.3 Å². The van der Waals surface area contributed by atoms with Crippen molar-refractivity contribution in [3.05, 3.63) is 111 Å². The second-order valence-electron chi connectivity index (χ2n) is 10.1. The van der Waals surface area contributed by atoms with Gasteiger partial charge in [0.05, 0.1) is 16.6 Å². The summed E-state index contributed by atoms with van der Waals surface area (Å²) in [6, 6.07) is 20.8. The van der Waals surface area contributed by atoms with E-state index in [4.69, 9.17) is 4.42 Å². The monoisotopic (exact) mass is 580 g/mol. The highest BCUT2D eigenvalue weighted by Gasteiger charge is 2.66. The average Bonchev–Trinajstić information content (AvgIpc) is 3.62. The lowest BCUT2D eigenvalue weighted by atomic mass is 9.84. The number of anilines is 2. The first-order valence-electron chi connectivity index (χ1n) is 13.2. The normalized spacial score (nSPS) is 17.6. The molecule has 0 bridgehead atoms. The number of aromatic nitrogens is 2. The van der Waals surface area contributed by atoms with E-state index < -0.39 is 22.8 Å². The molecule has 204 valence electrons. The van der Waals surface area contributed by atoms with Gasteiger partial charge in [-0.05, 0) is 55.7 Å². The summed E-state index contributed by atoms with van der Waals surface area (Å²) >= 11 is 2.71.